The molecule has 1 aromatic heterocycles. The summed E-state index contributed by atoms with van der Waals surface area (Å²) in [5.74, 6) is -0.0155. The molecule has 0 aromatic carbocycles. The van der Waals surface area contributed by atoms with E-state index in [0.717, 1.165) is 24.1 Å². The fraction of sp³-hybridized carbons (Fsp3) is 0.571. The summed E-state index contributed by atoms with van der Waals surface area (Å²) in [6.07, 6.45) is 5.32. The quantitative estimate of drug-likeness (QED) is 0.790. The summed E-state index contributed by atoms with van der Waals surface area (Å²) in [6.45, 7) is 5.81. The molecule has 1 aliphatic rings. The van der Waals surface area contributed by atoms with Crippen molar-refractivity contribution in [1.29, 1.82) is 0 Å². The molecule has 1 saturated heterocycles. The molecule has 0 saturated carbocycles. The third-order valence-electron chi connectivity index (χ3n) is 3.45. The molecule has 1 fully saturated rings. The largest absolute Gasteiger partial charge is 0.383 e. The lowest BCUT2D eigenvalue weighted by atomic mass is 10.0. The van der Waals surface area contributed by atoms with Gasteiger partial charge < -0.3 is 15.4 Å². The molecule has 0 spiro atoms. The first-order chi connectivity index (χ1) is 9.12. The van der Waals surface area contributed by atoms with Crippen LogP contribution in [0, 0.1) is 6.92 Å². The van der Waals surface area contributed by atoms with Crippen molar-refractivity contribution in [3.05, 3.63) is 24.0 Å². The minimum Gasteiger partial charge on any atom is -0.383 e. The van der Waals surface area contributed by atoms with E-state index < -0.39 is 5.60 Å². The number of ether oxygens (including phenoxy) is 1. The number of carbonyl (C=O) groups excluding carboxylic acids is 1. The lowest BCUT2D eigenvalue weighted by Crippen LogP contribution is -2.45. The van der Waals surface area contributed by atoms with Crippen LogP contribution in [0.4, 0.5) is 5.69 Å². The third kappa shape index (κ3) is 3.44. The van der Waals surface area contributed by atoms with E-state index in [4.69, 9.17) is 4.74 Å². The lowest BCUT2D eigenvalue weighted by molar-refractivity contribution is -0.139. The van der Waals surface area contributed by atoms with Crippen molar-refractivity contribution in [1.82, 2.24) is 10.3 Å². The van der Waals surface area contributed by atoms with Crippen molar-refractivity contribution in [2.45, 2.75) is 32.3 Å². The third-order valence-corrected chi connectivity index (χ3v) is 3.45. The molecule has 0 aliphatic carbocycles. The second-order valence-corrected chi connectivity index (χ2v) is 5.06. The fourth-order valence-electron chi connectivity index (χ4n) is 2.19. The Labute approximate surface area is 113 Å². The number of aromatic nitrogens is 1. The van der Waals surface area contributed by atoms with Crippen molar-refractivity contribution in [3.8, 4) is 0 Å². The summed E-state index contributed by atoms with van der Waals surface area (Å²) in [5.41, 5.74) is 1.51. The number of nitrogens with one attached hydrogen (secondary N) is 2. The molecular weight excluding hydrogens is 242 g/mol. The van der Waals surface area contributed by atoms with Gasteiger partial charge in [-0.3, -0.25) is 9.78 Å². The maximum absolute atomic E-state index is 12.0. The zero-order chi connectivity index (χ0) is 13.7. The number of carbonyl (C=O) groups is 1. The van der Waals surface area contributed by atoms with Crippen molar-refractivity contribution < 1.29 is 9.53 Å². The topological polar surface area (TPSA) is 63.2 Å². The molecule has 1 aliphatic heterocycles. The maximum Gasteiger partial charge on any atom is 0.252 e. The molecule has 19 heavy (non-hydrogen) atoms. The van der Waals surface area contributed by atoms with Crippen LogP contribution in [0.15, 0.2) is 18.5 Å². The second kappa shape index (κ2) is 6.02. The normalized spacial score (nSPS) is 22.2. The van der Waals surface area contributed by atoms with Crippen LogP contribution >= 0.6 is 0 Å². The standard InChI is InChI=1S/C14H21N3O2/c1-11-10-15-6-4-12(11)16-7-8-17-13(18)14(2)5-3-9-19-14/h4,6,10H,3,5,7-9H2,1-2H3,(H,15,16)(H,17,18)/t14-/m0/s1. The Balaban J connectivity index is 1.72. The first-order valence-corrected chi connectivity index (χ1v) is 6.68. The Hall–Kier alpha value is -1.62. The SMILES string of the molecule is Cc1cnccc1NCCNC(=O)[C@]1(C)CCCO1. The molecule has 1 amide bonds. The first-order valence-electron chi connectivity index (χ1n) is 6.68. The smallest absolute Gasteiger partial charge is 0.252 e. The van der Waals surface area contributed by atoms with Gasteiger partial charge in [0.1, 0.15) is 5.60 Å². The molecule has 1 atom stereocenters. The second-order valence-electron chi connectivity index (χ2n) is 5.06. The number of rotatable bonds is 5. The fourth-order valence-corrected chi connectivity index (χ4v) is 2.19. The summed E-state index contributed by atoms with van der Waals surface area (Å²) in [7, 11) is 0. The highest BCUT2D eigenvalue weighted by Crippen LogP contribution is 2.24. The van der Waals surface area contributed by atoms with E-state index in [1.54, 1.807) is 6.20 Å². The van der Waals surface area contributed by atoms with E-state index in [1.165, 1.54) is 0 Å². The Morgan fingerprint density at radius 1 is 1.53 bits per heavy atom. The molecular formula is C14H21N3O2. The molecule has 0 bridgehead atoms. The number of nitrogens with zero attached hydrogens (tertiary/aromatic N) is 1. The van der Waals surface area contributed by atoms with Crippen LogP contribution in [0.2, 0.25) is 0 Å². The summed E-state index contributed by atoms with van der Waals surface area (Å²) in [4.78, 5) is 16.0. The number of hydrogen-bond donors (Lipinski definition) is 2. The number of amides is 1. The van der Waals surface area contributed by atoms with Crippen molar-refractivity contribution >= 4 is 11.6 Å². The highest BCUT2D eigenvalue weighted by Gasteiger charge is 2.37. The summed E-state index contributed by atoms with van der Waals surface area (Å²) in [6, 6.07) is 1.93. The first kappa shape index (κ1) is 13.8. The lowest BCUT2D eigenvalue weighted by Gasteiger charge is -2.22. The van der Waals surface area contributed by atoms with Crippen LogP contribution in [0.1, 0.15) is 25.3 Å². The average Bonchev–Trinajstić information content (AvgIpc) is 2.84. The maximum atomic E-state index is 12.0. The molecule has 0 unspecified atom stereocenters. The highest BCUT2D eigenvalue weighted by molar-refractivity contribution is 5.85. The predicted octanol–water partition coefficient (Wildman–Crippen LogP) is 1.49. The minimum atomic E-state index is -0.632. The van der Waals surface area contributed by atoms with E-state index in [2.05, 4.69) is 15.6 Å². The van der Waals surface area contributed by atoms with Gasteiger partial charge in [0.25, 0.3) is 5.91 Å². The van der Waals surface area contributed by atoms with Gasteiger partial charge in [-0.1, -0.05) is 0 Å². The van der Waals surface area contributed by atoms with Crippen LogP contribution < -0.4 is 10.6 Å². The molecule has 5 heteroatoms. The number of anilines is 1. The Morgan fingerprint density at radius 3 is 3.05 bits per heavy atom. The van der Waals surface area contributed by atoms with Gasteiger partial charge in [-0.25, -0.2) is 0 Å². The van der Waals surface area contributed by atoms with Crippen LogP contribution in [0.3, 0.4) is 0 Å². The van der Waals surface area contributed by atoms with E-state index in [-0.39, 0.29) is 5.91 Å². The highest BCUT2D eigenvalue weighted by atomic mass is 16.5. The van der Waals surface area contributed by atoms with Gasteiger partial charge >= 0.3 is 0 Å². The summed E-state index contributed by atoms with van der Waals surface area (Å²) < 4.78 is 5.50. The Morgan fingerprint density at radius 2 is 2.37 bits per heavy atom. The van der Waals surface area contributed by atoms with Crippen LogP contribution in [0.25, 0.3) is 0 Å². The van der Waals surface area contributed by atoms with Crippen LogP contribution in [0.5, 0.6) is 0 Å². The van der Waals surface area contributed by atoms with Gasteiger partial charge in [0.05, 0.1) is 0 Å². The zero-order valence-corrected chi connectivity index (χ0v) is 11.5. The summed E-state index contributed by atoms with van der Waals surface area (Å²) >= 11 is 0. The number of hydrogen-bond acceptors (Lipinski definition) is 4. The molecule has 1 aromatic rings. The van der Waals surface area contributed by atoms with E-state index in [1.807, 2.05) is 26.1 Å². The van der Waals surface area contributed by atoms with Gasteiger partial charge in [-0.05, 0) is 38.3 Å². The molecule has 2 rings (SSSR count). The van der Waals surface area contributed by atoms with Gasteiger partial charge in [0, 0.05) is 37.8 Å². The van der Waals surface area contributed by atoms with Gasteiger partial charge in [-0.2, -0.15) is 0 Å². The summed E-state index contributed by atoms with van der Waals surface area (Å²) in [5, 5.41) is 6.19. The average molecular weight is 263 g/mol. The molecule has 5 nitrogen and oxygen atoms in total. The Bertz CT molecular complexity index is 442. The predicted molar refractivity (Wildman–Crippen MR) is 74.1 cm³/mol. The van der Waals surface area contributed by atoms with E-state index in [0.29, 0.717) is 19.7 Å². The minimum absolute atomic E-state index is 0.0155. The van der Waals surface area contributed by atoms with Crippen LogP contribution in [-0.2, 0) is 9.53 Å². The van der Waals surface area contributed by atoms with Gasteiger partial charge in [-0.15, -0.1) is 0 Å². The van der Waals surface area contributed by atoms with Gasteiger partial charge in [0.2, 0.25) is 0 Å². The van der Waals surface area contributed by atoms with E-state index in [9.17, 15) is 4.79 Å². The number of pyridine rings is 1. The molecule has 2 heterocycles. The monoisotopic (exact) mass is 263 g/mol. The van der Waals surface area contributed by atoms with E-state index >= 15 is 0 Å². The van der Waals surface area contributed by atoms with Crippen molar-refractivity contribution in [2.24, 2.45) is 0 Å². The van der Waals surface area contributed by atoms with Crippen molar-refractivity contribution in [2.75, 3.05) is 25.0 Å². The van der Waals surface area contributed by atoms with Gasteiger partial charge in [0.15, 0.2) is 0 Å². The van der Waals surface area contributed by atoms with Crippen LogP contribution in [-0.4, -0.2) is 36.2 Å². The zero-order valence-electron chi connectivity index (χ0n) is 11.5. The Kier molecular flexibility index (Phi) is 4.37. The number of aryl methyl sites for hydroxylation is 1. The van der Waals surface area contributed by atoms with Crippen molar-refractivity contribution in [3.63, 3.8) is 0 Å². The molecule has 0 radical (unpaired) electrons. The molecule has 104 valence electrons. The molecule has 2 N–H and O–H groups in total.